The molecular formula is C24H29NO2. The number of allylic oxidation sites excluding steroid dienone is 1. The van der Waals surface area contributed by atoms with E-state index in [1.165, 1.54) is 0 Å². The van der Waals surface area contributed by atoms with Crippen LogP contribution in [0.25, 0.3) is 0 Å². The molecule has 2 aliphatic carbocycles. The van der Waals surface area contributed by atoms with Gasteiger partial charge in [0.2, 0.25) is 5.91 Å². The second-order valence-electron chi connectivity index (χ2n) is 8.89. The third-order valence-corrected chi connectivity index (χ3v) is 7.10. The molecule has 1 aromatic rings. The van der Waals surface area contributed by atoms with E-state index >= 15 is 0 Å². The normalized spacial score (nSPS) is 40.6. The number of carbonyl (C=O) groups is 1. The molecule has 2 spiro atoms. The Hall–Kier alpha value is -2.05. The SMILES string of the molecule is CC1CCC2(CC1)C(=O)N[C@]1(C=C[C@@H](C)CC1)[C@@]2(O)C#Cc1ccccc1. The van der Waals surface area contributed by atoms with E-state index in [-0.39, 0.29) is 5.91 Å². The summed E-state index contributed by atoms with van der Waals surface area (Å²) in [6.07, 6.45) is 9.15. The lowest BCUT2D eigenvalue weighted by atomic mass is 9.57. The topological polar surface area (TPSA) is 49.3 Å². The van der Waals surface area contributed by atoms with Crippen LogP contribution >= 0.6 is 0 Å². The molecule has 27 heavy (non-hydrogen) atoms. The van der Waals surface area contributed by atoms with Crippen molar-refractivity contribution in [2.45, 2.75) is 63.5 Å². The fraction of sp³-hybridized carbons (Fsp3) is 0.542. The Morgan fingerprint density at radius 1 is 1.07 bits per heavy atom. The van der Waals surface area contributed by atoms with Gasteiger partial charge in [-0.3, -0.25) is 4.79 Å². The van der Waals surface area contributed by atoms with Gasteiger partial charge in [-0.1, -0.05) is 56.0 Å². The first-order valence-corrected chi connectivity index (χ1v) is 10.2. The Morgan fingerprint density at radius 3 is 2.41 bits per heavy atom. The van der Waals surface area contributed by atoms with Crippen molar-refractivity contribution in [1.82, 2.24) is 5.32 Å². The highest BCUT2D eigenvalue weighted by atomic mass is 16.3. The summed E-state index contributed by atoms with van der Waals surface area (Å²) in [7, 11) is 0. The van der Waals surface area contributed by atoms with Crippen molar-refractivity contribution in [3.8, 4) is 11.8 Å². The first kappa shape index (κ1) is 18.3. The summed E-state index contributed by atoms with van der Waals surface area (Å²) in [5.74, 6) is 7.45. The fourth-order valence-electron chi connectivity index (χ4n) is 5.13. The molecule has 3 heteroatoms. The Morgan fingerprint density at radius 2 is 1.78 bits per heavy atom. The maximum Gasteiger partial charge on any atom is 0.231 e. The first-order valence-electron chi connectivity index (χ1n) is 10.2. The number of hydrogen-bond donors (Lipinski definition) is 2. The van der Waals surface area contributed by atoms with Gasteiger partial charge in [-0.05, 0) is 62.5 Å². The molecule has 3 aliphatic rings. The van der Waals surface area contributed by atoms with Crippen molar-refractivity contribution < 1.29 is 9.90 Å². The molecule has 0 bridgehead atoms. The smallest absolute Gasteiger partial charge is 0.231 e. The van der Waals surface area contributed by atoms with E-state index in [4.69, 9.17) is 0 Å². The largest absolute Gasteiger partial charge is 0.374 e. The Labute approximate surface area is 162 Å². The second-order valence-corrected chi connectivity index (χ2v) is 8.89. The average molecular weight is 364 g/mol. The van der Waals surface area contributed by atoms with E-state index in [0.29, 0.717) is 24.7 Å². The van der Waals surface area contributed by atoms with Gasteiger partial charge < -0.3 is 10.4 Å². The molecule has 1 aliphatic heterocycles. The van der Waals surface area contributed by atoms with Crippen LogP contribution in [-0.4, -0.2) is 22.2 Å². The maximum atomic E-state index is 13.3. The number of aliphatic hydroxyl groups is 1. The van der Waals surface area contributed by atoms with Gasteiger partial charge in [0, 0.05) is 5.56 Å². The van der Waals surface area contributed by atoms with Crippen molar-refractivity contribution in [2.24, 2.45) is 17.3 Å². The van der Waals surface area contributed by atoms with Gasteiger partial charge in [0.15, 0.2) is 5.60 Å². The minimum absolute atomic E-state index is 0.0153. The third-order valence-electron chi connectivity index (χ3n) is 7.10. The Bertz CT molecular complexity index is 810. The van der Waals surface area contributed by atoms with E-state index in [1.807, 2.05) is 36.4 Å². The third kappa shape index (κ3) is 2.74. The molecule has 1 saturated heterocycles. The van der Waals surface area contributed by atoms with Crippen LogP contribution < -0.4 is 5.32 Å². The fourth-order valence-corrected chi connectivity index (χ4v) is 5.13. The van der Waals surface area contributed by atoms with Crippen LogP contribution in [0.5, 0.6) is 0 Å². The molecule has 3 nitrogen and oxygen atoms in total. The van der Waals surface area contributed by atoms with Crippen molar-refractivity contribution in [3.63, 3.8) is 0 Å². The molecule has 0 radical (unpaired) electrons. The highest BCUT2D eigenvalue weighted by Gasteiger charge is 2.71. The van der Waals surface area contributed by atoms with Crippen LogP contribution in [0, 0.1) is 29.1 Å². The van der Waals surface area contributed by atoms with Crippen molar-refractivity contribution in [2.75, 3.05) is 0 Å². The lowest BCUT2D eigenvalue weighted by Crippen LogP contribution is -2.61. The van der Waals surface area contributed by atoms with Crippen molar-refractivity contribution >= 4 is 5.91 Å². The van der Waals surface area contributed by atoms with E-state index in [2.05, 4.69) is 37.1 Å². The van der Waals surface area contributed by atoms with Gasteiger partial charge in [-0.2, -0.15) is 0 Å². The number of amides is 1. The van der Waals surface area contributed by atoms with Gasteiger partial charge in [0.05, 0.1) is 11.0 Å². The lowest BCUT2D eigenvalue weighted by Gasteiger charge is -2.47. The van der Waals surface area contributed by atoms with Crippen LogP contribution in [0.2, 0.25) is 0 Å². The van der Waals surface area contributed by atoms with E-state index in [1.54, 1.807) is 0 Å². The van der Waals surface area contributed by atoms with Gasteiger partial charge >= 0.3 is 0 Å². The lowest BCUT2D eigenvalue weighted by molar-refractivity contribution is -0.138. The average Bonchev–Trinajstić information content (AvgIpc) is 2.85. The predicted molar refractivity (Wildman–Crippen MR) is 107 cm³/mol. The molecule has 1 aromatic carbocycles. The van der Waals surface area contributed by atoms with E-state index < -0.39 is 16.6 Å². The molecule has 142 valence electrons. The van der Waals surface area contributed by atoms with Crippen LogP contribution in [-0.2, 0) is 4.79 Å². The highest BCUT2D eigenvalue weighted by molar-refractivity contribution is 5.90. The summed E-state index contributed by atoms with van der Waals surface area (Å²) < 4.78 is 0. The van der Waals surface area contributed by atoms with Gasteiger partial charge in [0.1, 0.15) is 0 Å². The molecule has 2 N–H and O–H groups in total. The minimum Gasteiger partial charge on any atom is -0.374 e. The summed E-state index contributed by atoms with van der Waals surface area (Å²) in [5, 5.41) is 15.4. The zero-order valence-corrected chi connectivity index (χ0v) is 16.3. The predicted octanol–water partition coefficient (Wildman–Crippen LogP) is 3.82. The summed E-state index contributed by atoms with van der Waals surface area (Å²) in [6.45, 7) is 4.40. The van der Waals surface area contributed by atoms with Crippen LogP contribution in [0.15, 0.2) is 42.5 Å². The monoisotopic (exact) mass is 363 g/mol. The zero-order valence-electron chi connectivity index (χ0n) is 16.3. The van der Waals surface area contributed by atoms with E-state index in [0.717, 1.165) is 31.2 Å². The molecule has 4 rings (SSSR count). The molecule has 1 saturated carbocycles. The van der Waals surface area contributed by atoms with Gasteiger partial charge in [-0.25, -0.2) is 0 Å². The van der Waals surface area contributed by atoms with Crippen molar-refractivity contribution in [1.29, 1.82) is 0 Å². The standard InChI is InChI=1S/C24H29NO2/c1-18-8-13-22(14-9-18)21(26)25-23(15-10-19(2)11-16-23)24(22,27)17-12-20-6-4-3-5-7-20/h3-7,10,15,18-19,27H,8-9,11,13-14,16H2,1-2H3,(H,25,26)/t18?,19-,22?,23+,24-/m1/s1. The Balaban J connectivity index is 1.83. The van der Waals surface area contributed by atoms with E-state index in [9.17, 15) is 9.90 Å². The molecular weight excluding hydrogens is 334 g/mol. The quantitative estimate of drug-likeness (QED) is 0.544. The number of rotatable bonds is 0. The summed E-state index contributed by atoms with van der Waals surface area (Å²) >= 11 is 0. The molecule has 1 amide bonds. The summed E-state index contributed by atoms with van der Waals surface area (Å²) in [4.78, 5) is 13.3. The number of benzene rings is 1. The number of carbonyl (C=O) groups excluding carboxylic acids is 1. The maximum absolute atomic E-state index is 13.3. The van der Waals surface area contributed by atoms with Gasteiger partial charge in [0.25, 0.3) is 0 Å². The highest BCUT2D eigenvalue weighted by Crippen LogP contribution is 2.57. The van der Waals surface area contributed by atoms with Crippen LogP contribution in [0.4, 0.5) is 0 Å². The number of nitrogens with one attached hydrogen (secondary N) is 1. The zero-order chi connectivity index (χ0) is 19.1. The van der Waals surface area contributed by atoms with Crippen LogP contribution in [0.1, 0.15) is 57.9 Å². The number of hydrogen-bond acceptors (Lipinski definition) is 2. The van der Waals surface area contributed by atoms with Crippen LogP contribution in [0.3, 0.4) is 0 Å². The Kier molecular flexibility index (Phi) is 4.43. The second kappa shape index (κ2) is 6.53. The van der Waals surface area contributed by atoms with Gasteiger partial charge in [-0.15, -0.1) is 0 Å². The summed E-state index contributed by atoms with van der Waals surface area (Å²) in [5.41, 5.74) is -2.11. The first-order chi connectivity index (χ1) is 12.9. The molecule has 0 aromatic heterocycles. The molecule has 1 heterocycles. The summed E-state index contributed by atoms with van der Waals surface area (Å²) in [6, 6.07) is 9.74. The van der Waals surface area contributed by atoms with Crippen molar-refractivity contribution in [3.05, 3.63) is 48.0 Å². The molecule has 0 unspecified atom stereocenters. The molecule has 3 atom stereocenters. The minimum atomic E-state index is -1.39. The molecule has 2 fully saturated rings.